The quantitative estimate of drug-likeness (QED) is 0.0307. The Morgan fingerprint density at radius 3 is 1.47 bits per heavy atom. The van der Waals surface area contributed by atoms with E-state index in [4.69, 9.17) is 56.8 Å². The van der Waals surface area contributed by atoms with Crippen LogP contribution in [0.4, 0.5) is 4.79 Å². The summed E-state index contributed by atoms with van der Waals surface area (Å²) >= 11 is 0. The summed E-state index contributed by atoms with van der Waals surface area (Å²) < 4.78 is 80.3. The third kappa shape index (κ3) is 20.2. The fourth-order valence-corrected chi connectivity index (χ4v) is 11.2. The van der Waals surface area contributed by atoms with E-state index in [1.807, 2.05) is 164 Å². The lowest BCUT2D eigenvalue weighted by molar-refractivity contribution is -0.386. The van der Waals surface area contributed by atoms with Gasteiger partial charge in [0.1, 0.15) is 80.1 Å². The Balaban J connectivity index is 0.997. The van der Waals surface area contributed by atoms with Crippen molar-refractivity contribution < 1.29 is 80.8 Å². The molecular weight excluding hydrogens is 1220 g/mol. The molecule has 10 rings (SSSR count). The molecule has 4 amide bonds. The van der Waals surface area contributed by atoms with Crippen LogP contribution >= 0.6 is 0 Å². The molecule has 0 aliphatic carbocycles. The van der Waals surface area contributed by atoms with Gasteiger partial charge in [0, 0.05) is 12.5 Å². The lowest BCUT2D eigenvalue weighted by Crippen LogP contribution is -2.70. The molecule has 3 saturated heterocycles. The van der Waals surface area contributed by atoms with Crippen molar-refractivity contribution in [3.8, 4) is 0 Å². The van der Waals surface area contributed by atoms with Crippen LogP contribution in [-0.2, 0) is 116 Å². The second-order valence-corrected chi connectivity index (χ2v) is 23.5. The van der Waals surface area contributed by atoms with Gasteiger partial charge in [-0.2, -0.15) is 0 Å². The fourth-order valence-electron chi connectivity index (χ4n) is 11.2. The van der Waals surface area contributed by atoms with Crippen LogP contribution in [0, 0.1) is 0 Å². The van der Waals surface area contributed by atoms with Gasteiger partial charge >= 0.3 is 12.1 Å². The zero-order valence-electron chi connectivity index (χ0n) is 53.5. The SMILES string of the molecule is CC(=O)N[C@H]1[C@@H](O[C@H](C)[C@H](NC(=O)[C@H](C)NC(=O)OCc2ccccc2)C(=O)N[C@@H](C)C(=O)OCc2ccccc2)O[C@@H]2COC(c3ccccc3)O[C@@H]2[C@@H]1O[C@@H]1O[C@H](COCc2ccccc2)[C@H](OCc2ccccc2)[C@H](OCc2ccccc2)[C@H]1OCc1ccccc1. The van der Waals surface area contributed by atoms with Gasteiger partial charge in [-0.25, -0.2) is 9.59 Å². The van der Waals surface area contributed by atoms with Crippen molar-refractivity contribution in [1.82, 2.24) is 21.3 Å². The zero-order chi connectivity index (χ0) is 66.3. The van der Waals surface area contributed by atoms with E-state index in [1.165, 1.54) is 27.7 Å². The molecule has 0 spiro atoms. The van der Waals surface area contributed by atoms with Crippen LogP contribution in [0.5, 0.6) is 0 Å². The number of ether oxygens (including phenoxy) is 12. The van der Waals surface area contributed by atoms with Crippen molar-refractivity contribution >= 4 is 29.8 Å². The minimum Gasteiger partial charge on any atom is -0.459 e. The average Bonchev–Trinajstić information content (AvgIpc) is 0.771. The predicted molar refractivity (Wildman–Crippen MR) is 347 cm³/mol. The Morgan fingerprint density at radius 1 is 0.474 bits per heavy atom. The number of esters is 1. The summed E-state index contributed by atoms with van der Waals surface area (Å²) in [6.45, 7) is 6.02. The Labute approximate surface area is 553 Å². The Morgan fingerprint density at radius 2 is 0.947 bits per heavy atom. The van der Waals surface area contributed by atoms with E-state index >= 15 is 0 Å². The Hall–Kier alpha value is -8.71. The maximum atomic E-state index is 14.8. The van der Waals surface area contributed by atoms with Gasteiger partial charge in [0.25, 0.3) is 0 Å². The number of carbonyl (C=O) groups excluding carboxylic acids is 5. The number of fused-ring (bicyclic) bond motifs is 1. The predicted octanol–water partition coefficient (Wildman–Crippen LogP) is 8.87. The first-order valence-corrected chi connectivity index (χ1v) is 31.9. The molecule has 3 aliphatic rings. The van der Waals surface area contributed by atoms with Gasteiger partial charge in [0.2, 0.25) is 17.7 Å². The number of rotatable bonds is 30. The molecule has 21 nitrogen and oxygen atoms in total. The van der Waals surface area contributed by atoms with Crippen LogP contribution in [0.1, 0.15) is 72.9 Å². The molecule has 3 heterocycles. The topological polar surface area (TPSA) is 244 Å². The van der Waals surface area contributed by atoms with E-state index in [2.05, 4.69) is 21.3 Å². The van der Waals surface area contributed by atoms with Crippen molar-refractivity contribution in [3.05, 3.63) is 251 Å². The molecule has 21 heteroatoms. The number of alkyl carbamates (subject to hydrolysis) is 1. The molecule has 15 atom stereocenters. The highest BCUT2D eigenvalue weighted by Crippen LogP contribution is 2.40. The Bertz CT molecular complexity index is 3480. The molecule has 500 valence electrons. The highest BCUT2D eigenvalue weighted by molar-refractivity contribution is 5.93. The van der Waals surface area contributed by atoms with Crippen LogP contribution in [0.2, 0.25) is 0 Å². The summed E-state index contributed by atoms with van der Waals surface area (Å²) in [5.74, 6) is -3.00. The average molecular weight is 1300 g/mol. The number of hydrogen-bond acceptors (Lipinski definition) is 17. The van der Waals surface area contributed by atoms with Crippen LogP contribution in [-0.4, -0.2) is 129 Å². The molecular formula is C74H82N4O17. The van der Waals surface area contributed by atoms with Crippen LogP contribution in [0.3, 0.4) is 0 Å². The van der Waals surface area contributed by atoms with E-state index < -0.39 is 122 Å². The van der Waals surface area contributed by atoms with Gasteiger partial charge in [0.15, 0.2) is 18.9 Å². The molecule has 95 heavy (non-hydrogen) atoms. The summed E-state index contributed by atoms with van der Waals surface area (Å²) in [5, 5.41) is 11.0. The lowest BCUT2D eigenvalue weighted by Gasteiger charge is -2.52. The molecule has 3 fully saturated rings. The first kappa shape index (κ1) is 69.1. The maximum Gasteiger partial charge on any atom is 0.408 e. The van der Waals surface area contributed by atoms with E-state index in [9.17, 15) is 24.0 Å². The standard InChI is InChI=1S/C74H82N4O17/c1-48(76-74(83)90-45-57-36-22-10-23-37-57)68(80)78-61(69(81)75-49(2)70(82)88-44-56-34-20-9-21-35-56)50(3)91-72-62(77-51(4)79)65(64-60(92-72)47-89-71(94-64)58-38-24-11-25-39-58)95-73-67(87-43-55-32-18-8-19-33-55)66(86-42-54-30-16-7-17-31-54)63(85-41-53-28-14-6-15-29-53)59(93-73)46-84-40-52-26-12-5-13-27-52/h5-39,48-50,59-67,71-73H,40-47H2,1-4H3,(H,75,81)(H,76,83)(H,77,79)(H,78,80)/t48-,49-,50+,59+,60+,61-,62+,63-,64-,65+,66-,67+,71?,72-,73-/m0/s1. The van der Waals surface area contributed by atoms with Crippen molar-refractivity contribution in [3.63, 3.8) is 0 Å². The van der Waals surface area contributed by atoms with Crippen molar-refractivity contribution in [2.24, 2.45) is 0 Å². The van der Waals surface area contributed by atoms with E-state index in [-0.39, 0.29) is 52.9 Å². The number of amides is 4. The molecule has 0 aromatic heterocycles. The minimum atomic E-state index is -1.62. The van der Waals surface area contributed by atoms with Gasteiger partial charge in [0.05, 0.1) is 45.7 Å². The highest BCUT2D eigenvalue weighted by atomic mass is 16.8. The van der Waals surface area contributed by atoms with Gasteiger partial charge in [-0.15, -0.1) is 0 Å². The third-order valence-corrected chi connectivity index (χ3v) is 16.2. The summed E-state index contributed by atoms with van der Waals surface area (Å²) in [4.78, 5) is 69.6. The Kier molecular flexibility index (Phi) is 25.6. The van der Waals surface area contributed by atoms with E-state index in [0.717, 1.165) is 27.8 Å². The third-order valence-electron chi connectivity index (χ3n) is 16.2. The molecule has 7 aromatic carbocycles. The summed E-state index contributed by atoms with van der Waals surface area (Å²) in [5.41, 5.74) is 5.66. The monoisotopic (exact) mass is 1300 g/mol. The van der Waals surface area contributed by atoms with Crippen LogP contribution in [0.25, 0.3) is 0 Å². The fraction of sp³-hybridized carbons (Fsp3) is 0.365. The first-order valence-electron chi connectivity index (χ1n) is 31.9. The van der Waals surface area contributed by atoms with E-state index in [1.54, 1.807) is 48.5 Å². The second kappa shape index (κ2) is 35.2. The molecule has 4 N–H and O–H groups in total. The second-order valence-electron chi connectivity index (χ2n) is 23.5. The van der Waals surface area contributed by atoms with Crippen molar-refractivity contribution in [2.75, 3.05) is 13.2 Å². The van der Waals surface area contributed by atoms with Gasteiger partial charge in [-0.05, 0) is 54.2 Å². The molecule has 7 aromatic rings. The number of hydrogen-bond donors (Lipinski definition) is 4. The summed E-state index contributed by atoms with van der Waals surface area (Å²) in [6, 6.07) is 60.7. The number of benzene rings is 7. The summed E-state index contributed by atoms with van der Waals surface area (Å²) in [6.07, 6.45) is -13.2. The molecule has 3 aliphatic heterocycles. The van der Waals surface area contributed by atoms with Gasteiger partial charge in [-0.3, -0.25) is 14.4 Å². The molecule has 0 radical (unpaired) electrons. The number of carbonyl (C=O) groups is 5. The molecule has 0 saturated carbocycles. The molecule has 0 bridgehead atoms. The highest BCUT2D eigenvalue weighted by Gasteiger charge is 2.57. The minimum absolute atomic E-state index is 0.00894. The van der Waals surface area contributed by atoms with Crippen LogP contribution < -0.4 is 21.3 Å². The van der Waals surface area contributed by atoms with Gasteiger partial charge < -0.3 is 78.1 Å². The summed E-state index contributed by atoms with van der Waals surface area (Å²) in [7, 11) is 0. The largest absolute Gasteiger partial charge is 0.459 e. The lowest BCUT2D eigenvalue weighted by atomic mass is 9.94. The number of nitrogens with one attached hydrogen (secondary N) is 4. The first-order chi connectivity index (χ1) is 46.3. The maximum absolute atomic E-state index is 14.8. The zero-order valence-corrected chi connectivity index (χ0v) is 53.5. The normalized spacial score (nSPS) is 23.6. The van der Waals surface area contributed by atoms with Gasteiger partial charge in [-0.1, -0.05) is 212 Å². The van der Waals surface area contributed by atoms with E-state index in [0.29, 0.717) is 11.1 Å². The van der Waals surface area contributed by atoms with Crippen LogP contribution in [0.15, 0.2) is 212 Å². The van der Waals surface area contributed by atoms with Crippen molar-refractivity contribution in [1.29, 1.82) is 0 Å². The van der Waals surface area contributed by atoms with Crippen molar-refractivity contribution in [2.45, 2.75) is 159 Å². The molecule has 1 unspecified atom stereocenters. The smallest absolute Gasteiger partial charge is 0.408 e.